The Bertz CT molecular complexity index is 1130. The van der Waals surface area contributed by atoms with E-state index in [-0.39, 0.29) is 0 Å². The third-order valence-electron chi connectivity index (χ3n) is 6.16. The highest BCUT2D eigenvalue weighted by atomic mass is 32.1. The predicted octanol–water partition coefficient (Wildman–Crippen LogP) is 5.36. The van der Waals surface area contributed by atoms with E-state index in [1.807, 2.05) is 12.1 Å². The van der Waals surface area contributed by atoms with Crippen LogP contribution in [0.3, 0.4) is 0 Å². The van der Waals surface area contributed by atoms with Crippen LogP contribution in [0.4, 0.5) is 11.4 Å². The maximum absolute atomic E-state index is 5.52. The summed E-state index contributed by atoms with van der Waals surface area (Å²) in [5, 5.41) is 5.83. The highest BCUT2D eigenvalue weighted by Gasteiger charge is 2.35. The second kappa shape index (κ2) is 9.35. The van der Waals surface area contributed by atoms with E-state index < -0.39 is 0 Å². The number of aryl methyl sites for hydroxylation is 2. The normalized spacial score (nSPS) is 15.0. The molecule has 1 aliphatic carbocycles. The number of nitrogens with one attached hydrogen (secondary N) is 1. The molecule has 0 spiro atoms. The summed E-state index contributed by atoms with van der Waals surface area (Å²) in [7, 11) is 4.87. The van der Waals surface area contributed by atoms with Crippen molar-refractivity contribution in [3.63, 3.8) is 0 Å². The lowest BCUT2D eigenvalue weighted by Gasteiger charge is -2.29. The SMILES string of the molecule is COc1cc(NC2=NCN(C3CC3)c3c(CCc4ccccc4)csc32)cc(OC)c1OC. The van der Waals surface area contributed by atoms with Gasteiger partial charge in [-0.15, -0.1) is 11.3 Å². The lowest BCUT2D eigenvalue weighted by atomic mass is 10.0. The molecule has 0 amide bonds. The number of thiophene rings is 1. The number of fused-ring (bicyclic) bond motifs is 1. The van der Waals surface area contributed by atoms with Crippen LogP contribution in [0.2, 0.25) is 0 Å². The average molecular weight is 464 g/mol. The van der Waals surface area contributed by atoms with Gasteiger partial charge in [0.25, 0.3) is 0 Å². The van der Waals surface area contributed by atoms with Gasteiger partial charge in [0.05, 0.1) is 31.9 Å². The topological polar surface area (TPSA) is 55.3 Å². The number of hydrogen-bond donors (Lipinski definition) is 1. The molecule has 1 aromatic heterocycles. The Hall–Kier alpha value is -3.19. The standard InChI is InChI=1S/C26H29N3O3S/c1-30-21-13-19(14-22(31-2)24(21)32-3)28-26-25-23(29(16-27-26)20-11-12-20)18(15-33-25)10-9-17-7-5-4-6-8-17/h4-8,13-15,20H,9-12,16H2,1-3H3,(H,27,28). The van der Waals surface area contributed by atoms with Crippen molar-refractivity contribution in [1.82, 2.24) is 0 Å². The number of hydrogen-bond acceptors (Lipinski definition) is 7. The van der Waals surface area contributed by atoms with Gasteiger partial charge in [0.2, 0.25) is 5.75 Å². The van der Waals surface area contributed by atoms with Crippen LogP contribution in [0.25, 0.3) is 0 Å². The van der Waals surface area contributed by atoms with Gasteiger partial charge in [-0.05, 0) is 42.2 Å². The first-order chi connectivity index (χ1) is 16.2. The lowest BCUT2D eigenvalue weighted by Crippen LogP contribution is -2.33. The van der Waals surface area contributed by atoms with E-state index >= 15 is 0 Å². The van der Waals surface area contributed by atoms with Crippen LogP contribution in [0.15, 0.2) is 52.8 Å². The summed E-state index contributed by atoms with van der Waals surface area (Å²) in [5.41, 5.74) is 4.98. The Morgan fingerprint density at radius 2 is 1.73 bits per heavy atom. The number of ether oxygens (including phenoxy) is 3. The minimum Gasteiger partial charge on any atom is -0.493 e. The highest BCUT2D eigenvalue weighted by molar-refractivity contribution is 7.13. The number of nitrogens with zero attached hydrogens (tertiary/aromatic N) is 2. The summed E-state index contributed by atoms with van der Waals surface area (Å²) in [6.07, 6.45) is 4.56. The molecule has 2 aromatic carbocycles. The van der Waals surface area contributed by atoms with Gasteiger partial charge in [-0.25, -0.2) is 4.99 Å². The molecule has 0 radical (unpaired) electrons. The third-order valence-corrected chi connectivity index (χ3v) is 7.19. The minimum atomic E-state index is 0.580. The Kier molecular flexibility index (Phi) is 6.13. The number of benzene rings is 2. The van der Waals surface area contributed by atoms with E-state index in [1.165, 1.54) is 34.5 Å². The van der Waals surface area contributed by atoms with Crippen LogP contribution in [0.5, 0.6) is 17.2 Å². The van der Waals surface area contributed by atoms with E-state index in [1.54, 1.807) is 32.7 Å². The smallest absolute Gasteiger partial charge is 0.203 e. The average Bonchev–Trinajstić information content (AvgIpc) is 3.61. The van der Waals surface area contributed by atoms with Gasteiger partial charge in [-0.3, -0.25) is 0 Å². The Morgan fingerprint density at radius 1 is 1.00 bits per heavy atom. The highest BCUT2D eigenvalue weighted by Crippen LogP contribution is 2.43. The van der Waals surface area contributed by atoms with Crippen LogP contribution < -0.4 is 24.4 Å². The fourth-order valence-corrected chi connectivity index (χ4v) is 5.41. The van der Waals surface area contributed by atoms with Gasteiger partial charge in [-0.1, -0.05) is 30.3 Å². The molecule has 0 saturated heterocycles. The molecule has 1 N–H and O–H groups in total. The Balaban J connectivity index is 1.44. The van der Waals surface area contributed by atoms with Gasteiger partial charge in [0.1, 0.15) is 12.5 Å². The molecule has 2 aliphatic rings. The van der Waals surface area contributed by atoms with Gasteiger partial charge >= 0.3 is 0 Å². The van der Waals surface area contributed by atoms with Gasteiger partial charge < -0.3 is 24.4 Å². The third kappa shape index (κ3) is 4.37. The molecule has 1 aliphatic heterocycles. The van der Waals surface area contributed by atoms with E-state index in [2.05, 4.69) is 45.9 Å². The minimum absolute atomic E-state index is 0.580. The van der Waals surface area contributed by atoms with Crippen molar-refractivity contribution in [1.29, 1.82) is 0 Å². The Labute approximate surface area is 198 Å². The monoisotopic (exact) mass is 463 g/mol. The summed E-state index contributed by atoms with van der Waals surface area (Å²) in [5.74, 6) is 2.71. The first-order valence-corrected chi connectivity index (χ1v) is 12.1. The molecule has 0 unspecified atom stereocenters. The second-order valence-corrected chi connectivity index (χ2v) is 9.19. The zero-order valence-electron chi connectivity index (χ0n) is 19.3. The molecule has 1 saturated carbocycles. The van der Waals surface area contributed by atoms with E-state index in [0.717, 1.165) is 24.4 Å². The number of anilines is 2. The largest absolute Gasteiger partial charge is 0.493 e. The molecule has 1 fully saturated rings. The molecule has 172 valence electrons. The predicted molar refractivity (Wildman–Crippen MR) is 135 cm³/mol. The molecule has 2 heterocycles. The molecule has 0 bridgehead atoms. The van der Waals surface area contributed by atoms with Crippen molar-refractivity contribution in [2.24, 2.45) is 4.99 Å². The lowest BCUT2D eigenvalue weighted by molar-refractivity contribution is 0.324. The molecule has 7 heteroatoms. The molecule has 3 aromatic rings. The fraction of sp³-hybridized carbons (Fsp3) is 0.346. The van der Waals surface area contributed by atoms with Crippen LogP contribution in [-0.2, 0) is 12.8 Å². The zero-order valence-corrected chi connectivity index (χ0v) is 20.1. The number of methoxy groups -OCH3 is 3. The summed E-state index contributed by atoms with van der Waals surface area (Å²) in [6.45, 7) is 0.680. The van der Waals surface area contributed by atoms with E-state index in [9.17, 15) is 0 Å². The van der Waals surface area contributed by atoms with Crippen molar-refractivity contribution in [2.75, 3.05) is 38.2 Å². The van der Waals surface area contributed by atoms with E-state index in [4.69, 9.17) is 19.2 Å². The van der Waals surface area contributed by atoms with Crippen molar-refractivity contribution in [2.45, 2.75) is 31.7 Å². The summed E-state index contributed by atoms with van der Waals surface area (Å²) in [6, 6.07) is 15.2. The van der Waals surface area contributed by atoms with Crippen LogP contribution >= 0.6 is 11.3 Å². The van der Waals surface area contributed by atoms with Crippen LogP contribution in [0, 0.1) is 0 Å². The number of rotatable bonds is 8. The van der Waals surface area contributed by atoms with Crippen molar-refractivity contribution < 1.29 is 14.2 Å². The first-order valence-electron chi connectivity index (χ1n) is 11.2. The molecule has 0 atom stereocenters. The van der Waals surface area contributed by atoms with Gasteiger partial charge in [0.15, 0.2) is 11.5 Å². The molecular formula is C26H29N3O3S. The van der Waals surface area contributed by atoms with Crippen molar-refractivity contribution in [3.05, 3.63) is 63.8 Å². The molecular weight excluding hydrogens is 434 g/mol. The summed E-state index contributed by atoms with van der Waals surface area (Å²) >= 11 is 1.77. The number of amidine groups is 1. The summed E-state index contributed by atoms with van der Waals surface area (Å²) in [4.78, 5) is 8.61. The maximum Gasteiger partial charge on any atom is 0.203 e. The van der Waals surface area contributed by atoms with Crippen molar-refractivity contribution >= 4 is 28.5 Å². The zero-order chi connectivity index (χ0) is 22.8. The quantitative estimate of drug-likeness (QED) is 0.488. The van der Waals surface area contributed by atoms with Crippen molar-refractivity contribution in [3.8, 4) is 17.2 Å². The summed E-state index contributed by atoms with van der Waals surface area (Å²) < 4.78 is 16.5. The molecule has 33 heavy (non-hydrogen) atoms. The maximum atomic E-state index is 5.52. The molecule has 6 nitrogen and oxygen atoms in total. The van der Waals surface area contributed by atoms with E-state index in [0.29, 0.717) is 30.0 Å². The fourth-order valence-electron chi connectivity index (χ4n) is 4.33. The van der Waals surface area contributed by atoms with Gasteiger partial charge in [0, 0.05) is 23.9 Å². The Morgan fingerprint density at radius 3 is 2.36 bits per heavy atom. The van der Waals surface area contributed by atoms with Gasteiger partial charge in [-0.2, -0.15) is 0 Å². The van der Waals surface area contributed by atoms with Crippen LogP contribution in [-0.4, -0.2) is 39.9 Å². The number of aliphatic imine (C=N–C) groups is 1. The second-order valence-electron chi connectivity index (χ2n) is 8.31. The first kappa shape index (κ1) is 21.6. The molecule has 5 rings (SSSR count). The van der Waals surface area contributed by atoms with Crippen LogP contribution in [0.1, 0.15) is 28.8 Å².